The van der Waals surface area contributed by atoms with Gasteiger partial charge in [0.15, 0.2) is 0 Å². The second-order valence-electron chi connectivity index (χ2n) is 5.57. The molecule has 132 valence electrons. The van der Waals surface area contributed by atoms with E-state index in [1.165, 1.54) is 5.56 Å². The fourth-order valence-corrected chi connectivity index (χ4v) is 2.53. The fraction of sp³-hybridized carbons (Fsp3) is 0.158. The average Bonchev–Trinajstić information content (AvgIpc) is 2.54. The van der Waals surface area contributed by atoms with Crippen molar-refractivity contribution < 1.29 is 19.8 Å². The number of hydrogen-bond acceptors (Lipinski definition) is 3. The van der Waals surface area contributed by atoms with Gasteiger partial charge < -0.3 is 15.9 Å². The maximum Gasteiger partial charge on any atom is 0.328 e. The number of nitrogens with two attached hydrogens (primary N) is 1. The fourth-order valence-electron chi connectivity index (χ4n) is 2.18. The predicted molar refractivity (Wildman–Crippen MR) is 97.5 cm³/mol. The summed E-state index contributed by atoms with van der Waals surface area (Å²) >= 11 is 6.19. The van der Waals surface area contributed by atoms with Gasteiger partial charge in [0.1, 0.15) is 0 Å². The highest BCUT2D eigenvalue weighted by molar-refractivity contribution is 6.31. The summed E-state index contributed by atoms with van der Waals surface area (Å²) in [5.41, 5.74) is 8.15. The van der Waals surface area contributed by atoms with Gasteiger partial charge in [-0.2, -0.15) is 0 Å². The first kappa shape index (κ1) is 20.4. The Hall–Kier alpha value is -2.63. The van der Waals surface area contributed by atoms with E-state index < -0.39 is 17.5 Å². The third-order valence-corrected chi connectivity index (χ3v) is 3.60. The summed E-state index contributed by atoms with van der Waals surface area (Å²) in [6.07, 6.45) is 1.89. The van der Waals surface area contributed by atoms with Gasteiger partial charge >= 0.3 is 11.9 Å². The Morgan fingerprint density at radius 3 is 1.96 bits per heavy atom. The van der Waals surface area contributed by atoms with Crippen LogP contribution in [0.15, 0.2) is 66.7 Å². The lowest BCUT2D eigenvalue weighted by atomic mass is 9.86. The van der Waals surface area contributed by atoms with E-state index in [-0.39, 0.29) is 0 Å². The smallest absolute Gasteiger partial charge is 0.328 e. The molecule has 0 heterocycles. The highest BCUT2D eigenvalue weighted by atomic mass is 35.5. The Labute approximate surface area is 151 Å². The van der Waals surface area contributed by atoms with Gasteiger partial charge in [-0.15, -0.1) is 0 Å². The Morgan fingerprint density at radius 1 is 1.00 bits per heavy atom. The number of halogens is 1. The molecule has 0 saturated heterocycles. The van der Waals surface area contributed by atoms with Crippen LogP contribution in [0.3, 0.4) is 0 Å². The van der Waals surface area contributed by atoms with Gasteiger partial charge in [-0.1, -0.05) is 60.1 Å². The van der Waals surface area contributed by atoms with Crippen molar-refractivity contribution in [2.75, 3.05) is 0 Å². The minimum absolute atomic E-state index is 0.445. The first-order chi connectivity index (χ1) is 11.7. The van der Waals surface area contributed by atoms with Crippen molar-refractivity contribution in [3.8, 4) is 0 Å². The van der Waals surface area contributed by atoms with Crippen molar-refractivity contribution >= 4 is 23.5 Å². The van der Waals surface area contributed by atoms with Gasteiger partial charge in [0.05, 0.1) is 0 Å². The van der Waals surface area contributed by atoms with Crippen molar-refractivity contribution in [1.82, 2.24) is 0 Å². The van der Waals surface area contributed by atoms with Crippen molar-refractivity contribution in [1.29, 1.82) is 0 Å². The molecule has 0 amide bonds. The third-order valence-electron chi connectivity index (χ3n) is 3.27. The van der Waals surface area contributed by atoms with Crippen LogP contribution in [-0.2, 0) is 21.5 Å². The summed E-state index contributed by atoms with van der Waals surface area (Å²) in [6.45, 7) is 2.02. The van der Waals surface area contributed by atoms with Crippen LogP contribution in [0.5, 0.6) is 0 Å². The number of hydrogen-bond donors (Lipinski definition) is 3. The zero-order valence-electron chi connectivity index (χ0n) is 13.7. The van der Waals surface area contributed by atoms with E-state index in [1.807, 2.05) is 49.4 Å². The Balaban J connectivity index is 0.000000333. The molecule has 25 heavy (non-hydrogen) atoms. The molecule has 2 aromatic carbocycles. The second kappa shape index (κ2) is 9.61. The molecule has 2 rings (SSSR count). The molecule has 0 aromatic heterocycles. The normalized spacial score (nSPS) is 12.8. The standard InChI is InChI=1S/C15H16ClN.C4H4O4/c1-15(17,11-12-7-3-2-4-8-12)13-9-5-6-10-14(13)16;5-3(6)1-2-4(7)8/h2-10H,11,17H2,1H3;1-2H,(H,5,6)(H,7,8)/b;2-1+. The van der Waals surface area contributed by atoms with Crippen LogP contribution in [0.2, 0.25) is 5.02 Å². The first-order valence-electron chi connectivity index (χ1n) is 7.44. The molecule has 0 aliphatic heterocycles. The van der Waals surface area contributed by atoms with Crippen molar-refractivity contribution in [2.24, 2.45) is 5.73 Å². The maximum atomic E-state index is 9.55. The van der Waals surface area contributed by atoms with Gasteiger partial charge in [0.2, 0.25) is 0 Å². The highest BCUT2D eigenvalue weighted by Gasteiger charge is 2.23. The zero-order valence-corrected chi connectivity index (χ0v) is 14.5. The minimum Gasteiger partial charge on any atom is -0.478 e. The molecular weight excluding hydrogens is 342 g/mol. The van der Waals surface area contributed by atoms with Crippen molar-refractivity contribution in [2.45, 2.75) is 18.9 Å². The van der Waals surface area contributed by atoms with Crippen LogP contribution >= 0.6 is 11.6 Å². The lowest BCUT2D eigenvalue weighted by molar-refractivity contribution is -0.134. The summed E-state index contributed by atoms with van der Waals surface area (Å²) in [5, 5.41) is 16.4. The van der Waals surface area contributed by atoms with Crippen LogP contribution < -0.4 is 5.73 Å². The molecule has 0 aliphatic carbocycles. The van der Waals surface area contributed by atoms with Gasteiger partial charge in [-0.25, -0.2) is 9.59 Å². The predicted octanol–water partition coefficient (Wildman–Crippen LogP) is 3.47. The van der Waals surface area contributed by atoms with Gasteiger partial charge in [-0.05, 0) is 30.5 Å². The van der Waals surface area contributed by atoms with Gasteiger partial charge in [0.25, 0.3) is 0 Å². The highest BCUT2D eigenvalue weighted by Crippen LogP contribution is 2.28. The van der Waals surface area contributed by atoms with Crippen LogP contribution in [0.4, 0.5) is 0 Å². The molecule has 0 bridgehead atoms. The van der Waals surface area contributed by atoms with E-state index in [0.717, 1.165) is 17.0 Å². The van der Waals surface area contributed by atoms with Crippen molar-refractivity contribution in [3.63, 3.8) is 0 Å². The molecule has 6 heteroatoms. The van der Waals surface area contributed by atoms with Gasteiger partial charge in [0, 0.05) is 22.7 Å². The zero-order chi connectivity index (χ0) is 18.9. The van der Waals surface area contributed by atoms with E-state index in [9.17, 15) is 9.59 Å². The second-order valence-corrected chi connectivity index (χ2v) is 5.98. The summed E-state index contributed by atoms with van der Waals surface area (Å²) < 4.78 is 0. The summed E-state index contributed by atoms with van der Waals surface area (Å²) in [7, 11) is 0. The molecule has 5 nitrogen and oxygen atoms in total. The molecule has 2 aromatic rings. The van der Waals surface area contributed by atoms with Crippen LogP contribution in [0, 0.1) is 0 Å². The summed E-state index contributed by atoms with van der Waals surface area (Å²) in [6, 6.07) is 18.0. The number of carboxylic acids is 2. The molecule has 4 N–H and O–H groups in total. The van der Waals surface area contributed by atoms with Crippen LogP contribution in [-0.4, -0.2) is 22.2 Å². The van der Waals surface area contributed by atoms with E-state index in [1.54, 1.807) is 0 Å². The van der Waals surface area contributed by atoms with Gasteiger partial charge in [-0.3, -0.25) is 0 Å². The number of carbonyl (C=O) groups is 2. The van der Waals surface area contributed by atoms with E-state index in [2.05, 4.69) is 12.1 Å². The number of carboxylic acid groups (broad SMARTS) is 2. The molecule has 1 atom stereocenters. The number of rotatable bonds is 5. The SMILES string of the molecule is CC(N)(Cc1ccccc1)c1ccccc1Cl.O=C(O)/C=C/C(=O)O. The quantitative estimate of drug-likeness (QED) is 0.708. The van der Waals surface area contributed by atoms with Crippen molar-refractivity contribution in [3.05, 3.63) is 82.9 Å². The summed E-state index contributed by atoms with van der Waals surface area (Å²) in [4.78, 5) is 19.1. The molecule has 0 spiro atoms. The molecule has 0 aliphatic rings. The Morgan fingerprint density at radius 2 is 1.48 bits per heavy atom. The number of aliphatic carboxylic acids is 2. The van der Waals surface area contributed by atoms with Crippen LogP contribution in [0.25, 0.3) is 0 Å². The first-order valence-corrected chi connectivity index (χ1v) is 7.82. The topological polar surface area (TPSA) is 101 Å². The lowest BCUT2D eigenvalue weighted by Crippen LogP contribution is -2.35. The molecule has 0 fully saturated rings. The average molecular weight is 362 g/mol. The lowest BCUT2D eigenvalue weighted by Gasteiger charge is -2.26. The van der Waals surface area contributed by atoms with Crippen LogP contribution in [0.1, 0.15) is 18.1 Å². The monoisotopic (exact) mass is 361 g/mol. The largest absolute Gasteiger partial charge is 0.478 e. The molecular formula is C19H20ClNO4. The number of benzene rings is 2. The summed E-state index contributed by atoms with van der Waals surface area (Å²) in [5.74, 6) is -2.51. The Bertz CT molecular complexity index is 726. The third kappa shape index (κ3) is 7.65. The molecule has 0 saturated carbocycles. The molecule has 0 radical (unpaired) electrons. The minimum atomic E-state index is -1.26. The van der Waals surface area contributed by atoms with E-state index in [0.29, 0.717) is 12.2 Å². The van der Waals surface area contributed by atoms with E-state index in [4.69, 9.17) is 27.5 Å². The van der Waals surface area contributed by atoms with E-state index >= 15 is 0 Å². The Kier molecular flexibility index (Phi) is 7.85. The maximum absolute atomic E-state index is 9.55. The molecule has 1 unspecified atom stereocenters.